The fourth-order valence-corrected chi connectivity index (χ4v) is 4.72. The number of fused-ring (bicyclic) bond motifs is 1. The van der Waals surface area contributed by atoms with E-state index in [0.717, 1.165) is 30.3 Å². The van der Waals surface area contributed by atoms with E-state index in [1.165, 1.54) is 11.0 Å². The lowest BCUT2D eigenvalue weighted by Gasteiger charge is -2.36. The van der Waals surface area contributed by atoms with Crippen LogP contribution < -0.4 is 21.5 Å². The van der Waals surface area contributed by atoms with Crippen molar-refractivity contribution in [2.75, 3.05) is 31.1 Å². The van der Waals surface area contributed by atoms with Crippen LogP contribution in [0.15, 0.2) is 21.9 Å². The number of aryl methyl sites for hydroxylation is 1. The number of hydrogen-bond acceptors (Lipinski definition) is 6. The number of carbonyl (C=O) groups excluding carboxylic acids is 2. The predicted molar refractivity (Wildman–Crippen MR) is 121 cm³/mol. The number of pyridine rings is 1. The molecule has 2 aromatic heterocycles. The molecule has 10 nitrogen and oxygen atoms in total. The van der Waals surface area contributed by atoms with Gasteiger partial charge >= 0.3 is 5.69 Å². The molecule has 32 heavy (non-hydrogen) atoms. The molecule has 0 unspecified atom stereocenters. The van der Waals surface area contributed by atoms with Crippen molar-refractivity contribution in [2.45, 2.75) is 51.6 Å². The van der Waals surface area contributed by atoms with Crippen LogP contribution in [0, 0.1) is 0 Å². The second kappa shape index (κ2) is 9.13. The Bertz CT molecular complexity index is 1140. The summed E-state index contributed by atoms with van der Waals surface area (Å²) in [5.74, 6) is -0.297. The summed E-state index contributed by atoms with van der Waals surface area (Å²) in [4.78, 5) is 58.6. The monoisotopic (exact) mass is 442 g/mol. The number of anilines is 1. The molecule has 0 bridgehead atoms. The van der Waals surface area contributed by atoms with Gasteiger partial charge in [-0.15, -0.1) is 0 Å². The Balaban J connectivity index is 1.67. The van der Waals surface area contributed by atoms with E-state index in [-0.39, 0.29) is 30.0 Å². The SMILES string of the molecule is CC(=O)N1CCN(c2ccnc3c2c(=O)n(CC(=O)NC2CCCCC2)c(=O)n3C)CC1. The van der Waals surface area contributed by atoms with Gasteiger partial charge in [0.15, 0.2) is 5.65 Å². The Hall–Kier alpha value is -3.17. The first-order valence-corrected chi connectivity index (χ1v) is 11.2. The van der Waals surface area contributed by atoms with E-state index in [0.29, 0.717) is 37.3 Å². The Morgan fingerprint density at radius 1 is 1.09 bits per heavy atom. The topological polar surface area (TPSA) is 110 Å². The zero-order chi connectivity index (χ0) is 22.8. The molecule has 0 radical (unpaired) electrons. The van der Waals surface area contributed by atoms with E-state index >= 15 is 0 Å². The predicted octanol–water partition coefficient (Wildman–Crippen LogP) is 0.213. The molecule has 1 saturated heterocycles. The van der Waals surface area contributed by atoms with E-state index in [9.17, 15) is 19.2 Å². The molecule has 0 spiro atoms. The maximum atomic E-state index is 13.4. The highest BCUT2D eigenvalue weighted by atomic mass is 16.2. The number of nitrogens with one attached hydrogen (secondary N) is 1. The second-order valence-electron chi connectivity index (χ2n) is 8.66. The fourth-order valence-electron chi connectivity index (χ4n) is 4.72. The van der Waals surface area contributed by atoms with Crippen molar-refractivity contribution in [1.82, 2.24) is 24.3 Å². The smallest absolute Gasteiger partial charge is 0.332 e. The molecular weight excluding hydrogens is 412 g/mol. The van der Waals surface area contributed by atoms with Crippen molar-refractivity contribution in [2.24, 2.45) is 7.05 Å². The Morgan fingerprint density at radius 2 is 1.78 bits per heavy atom. The Kier molecular flexibility index (Phi) is 6.29. The molecule has 1 N–H and O–H groups in total. The summed E-state index contributed by atoms with van der Waals surface area (Å²) in [5.41, 5.74) is -0.123. The van der Waals surface area contributed by atoms with Gasteiger partial charge in [-0.1, -0.05) is 19.3 Å². The van der Waals surface area contributed by atoms with Gasteiger partial charge in [0.1, 0.15) is 11.9 Å². The minimum Gasteiger partial charge on any atom is -0.367 e. The van der Waals surface area contributed by atoms with Crippen LogP contribution >= 0.6 is 0 Å². The lowest BCUT2D eigenvalue weighted by molar-refractivity contribution is -0.129. The molecule has 3 heterocycles. The third kappa shape index (κ3) is 4.26. The molecule has 2 fully saturated rings. The molecule has 2 aliphatic rings. The first kappa shape index (κ1) is 22.0. The van der Waals surface area contributed by atoms with Crippen molar-refractivity contribution in [1.29, 1.82) is 0 Å². The van der Waals surface area contributed by atoms with Gasteiger partial charge in [-0.3, -0.25) is 23.5 Å². The molecule has 1 saturated carbocycles. The number of carbonyl (C=O) groups is 2. The lowest BCUT2D eigenvalue weighted by atomic mass is 9.95. The van der Waals surface area contributed by atoms with Crippen LogP contribution in [0.5, 0.6) is 0 Å². The van der Waals surface area contributed by atoms with Crippen LogP contribution in [0.1, 0.15) is 39.0 Å². The average molecular weight is 443 g/mol. The van der Waals surface area contributed by atoms with Crippen LogP contribution in [-0.4, -0.2) is 63.1 Å². The third-order valence-electron chi connectivity index (χ3n) is 6.54. The number of amides is 2. The summed E-state index contributed by atoms with van der Waals surface area (Å²) >= 11 is 0. The highest BCUT2D eigenvalue weighted by molar-refractivity contribution is 5.89. The highest BCUT2D eigenvalue weighted by Gasteiger charge is 2.24. The summed E-state index contributed by atoms with van der Waals surface area (Å²) in [6.07, 6.45) is 6.76. The second-order valence-corrected chi connectivity index (χ2v) is 8.66. The summed E-state index contributed by atoms with van der Waals surface area (Å²) in [6.45, 7) is 3.49. The molecule has 172 valence electrons. The van der Waals surface area contributed by atoms with Crippen molar-refractivity contribution in [3.63, 3.8) is 0 Å². The van der Waals surface area contributed by atoms with Crippen LogP contribution in [0.3, 0.4) is 0 Å². The number of hydrogen-bond donors (Lipinski definition) is 1. The standard InChI is InChI=1S/C22H30N6O4/c1-15(29)26-10-12-27(13-11-26)17-8-9-23-20-19(17)21(31)28(22(32)25(20)2)14-18(30)24-16-6-4-3-5-7-16/h8-9,16H,3-7,10-14H2,1-2H3,(H,24,30). The Labute approximate surface area is 185 Å². The maximum Gasteiger partial charge on any atom is 0.332 e. The molecule has 1 aliphatic heterocycles. The molecular formula is C22H30N6O4. The van der Waals surface area contributed by atoms with Gasteiger partial charge in [-0.25, -0.2) is 9.78 Å². The third-order valence-corrected chi connectivity index (χ3v) is 6.54. The van der Waals surface area contributed by atoms with Crippen LogP contribution in [-0.2, 0) is 23.2 Å². The number of nitrogens with zero attached hydrogens (tertiary/aromatic N) is 5. The maximum absolute atomic E-state index is 13.4. The number of rotatable bonds is 4. The van der Waals surface area contributed by atoms with Gasteiger partial charge in [0, 0.05) is 52.4 Å². The lowest BCUT2D eigenvalue weighted by Crippen LogP contribution is -2.49. The molecule has 4 rings (SSSR count). The van der Waals surface area contributed by atoms with E-state index in [2.05, 4.69) is 10.3 Å². The first-order valence-electron chi connectivity index (χ1n) is 11.2. The van der Waals surface area contributed by atoms with Gasteiger partial charge in [0.25, 0.3) is 5.56 Å². The minimum absolute atomic E-state index is 0.0259. The Morgan fingerprint density at radius 3 is 2.44 bits per heavy atom. The normalized spacial score (nSPS) is 17.6. The number of piperazine rings is 1. The van der Waals surface area contributed by atoms with E-state index in [4.69, 9.17) is 0 Å². The van der Waals surface area contributed by atoms with Crippen LogP contribution in [0.2, 0.25) is 0 Å². The largest absolute Gasteiger partial charge is 0.367 e. The van der Waals surface area contributed by atoms with E-state index in [1.54, 1.807) is 31.1 Å². The van der Waals surface area contributed by atoms with E-state index < -0.39 is 11.2 Å². The van der Waals surface area contributed by atoms with Gasteiger partial charge in [0.05, 0.1) is 5.69 Å². The minimum atomic E-state index is -0.563. The van der Waals surface area contributed by atoms with Crippen molar-refractivity contribution >= 4 is 28.5 Å². The van der Waals surface area contributed by atoms with Gasteiger partial charge in [-0.05, 0) is 18.9 Å². The zero-order valence-corrected chi connectivity index (χ0v) is 18.7. The van der Waals surface area contributed by atoms with Crippen molar-refractivity contribution in [3.05, 3.63) is 33.1 Å². The molecule has 0 aromatic carbocycles. The molecule has 2 amide bonds. The molecule has 1 aliphatic carbocycles. The van der Waals surface area contributed by atoms with Crippen LogP contribution in [0.4, 0.5) is 5.69 Å². The van der Waals surface area contributed by atoms with Gasteiger partial charge in [0.2, 0.25) is 11.8 Å². The first-order chi connectivity index (χ1) is 15.4. The van der Waals surface area contributed by atoms with E-state index in [1.807, 2.05) is 4.90 Å². The summed E-state index contributed by atoms with van der Waals surface area (Å²) in [7, 11) is 1.56. The van der Waals surface area contributed by atoms with Gasteiger partial charge < -0.3 is 15.1 Å². The number of aromatic nitrogens is 3. The van der Waals surface area contributed by atoms with Crippen molar-refractivity contribution in [3.8, 4) is 0 Å². The van der Waals surface area contributed by atoms with Crippen LogP contribution in [0.25, 0.3) is 11.0 Å². The summed E-state index contributed by atoms with van der Waals surface area (Å²) < 4.78 is 2.32. The molecule has 2 aromatic rings. The molecule has 0 atom stereocenters. The quantitative estimate of drug-likeness (QED) is 0.725. The van der Waals surface area contributed by atoms with Crippen molar-refractivity contribution < 1.29 is 9.59 Å². The summed E-state index contributed by atoms with van der Waals surface area (Å²) in [5, 5.41) is 3.29. The van der Waals surface area contributed by atoms with Gasteiger partial charge in [-0.2, -0.15) is 0 Å². The highest BCUT2D eigenvalue weighted by Crippen LogP contribution is 2.23. The average Bonchev–Trinajstić information content (AvgIpc) is 2.80. The molecule has 10 heteroatoms. The summed E-state index contributed by atoms with van der Waals surface area (Å²) in [6, 6.07) is 1.86. The fraction of sp³-hybridized carbons (Fsp3) is 0.591. The zero-order valence-electron chi connectivity index (χ0n) is 18.7.